The summed E-state index contributed by atoms with van der Waals surface area (Å²) in [7, 11) is 0. The maximum absolute atomic E-state index is 13.2. The Labute approximate surface area is 305 Å². The fourth-order valence-corrected chi connectivity index (χ4v) is 8.23. The van der Waals surface area contributed by atoms with E-state index < -0.39 is 11.1 Å². The maximum Gasteiger partial charge on any atom is 0.410 e. The zero-order chi connectivity index (χ0) is 36.4. The smallest absolute Gasteiger partial charge is 0.410 e. The topological polar surface area (TPSA) is 128 Å². The van der Waals surface area contributed by atoms with Gasteiger partial charge in [0.25, 0.3) is 0 Å². The number of nitrogens with zero attached hydrogens (tertiary/aromatic N) is 3. The Balaban J connectivity index is 0.935. The number of likely N-dealkylation sites (tertiary alicyclic amines) is 1. The highest BCUT2D eigenvalue weighted by molar-refractivity contribution is 5.88. The number of hydrogen-bond donors (Lipinski definition) is 4. The second-order valence-corrected chi connectivity index (χ2v) is 16.9. The molecule has 5 aromatic rings. The first-order valence-corrected chi connectivity index (χ1v) is 18.6. The quantitative estimate of drug-likeness (QED) is 0.141. The molecular weight excluding hydrogens is 651 g/mol. The number of rotatable bonds is 6. The Kier molecular flexibility index (Phi) is 8.28. The lowest BCUT2D eigenvalue weighted by Crippen LogP contribution is -2.57. The molecule has 3 aliphatic rings. The van der Waals surface area contributed by atoms with Crippen LogP contribution in [0.2, 0.25) is 0 Å². The summed E-state index contributed by atoms with van der Waals surface area (Å²) in [6, 6.07) is 23.4. The highest BCUT2D eigenvalue weighted by Crippen LogP contribution is 2.49. The summed E-state index contributed by atoms with van der Waals surface area (Å²) in [5.74, 6) is 2.19. The molecule has 4 atom stereocenters. The molecule has 0 radical (unpaired) electrons. The van der Waals surface area contributed by atoms with Crippen molar-refractivity contribution in [2.45, 2.75) is 102 Å². The number of hydrogen-bond acceptors (Lipinski definition) is 6. The van der Waals surface area contributed by atoms with Crippen LogP contribution in [0, 0.1) is 5.92 Å². The normalized spacial score (nSPS) is 23.0. The number of piperidine rings is 1. The molecular formula is C42H49N7O3. The Bertz CT molecular complexity index is 2120. The van der Waals surface area contributed by atoms with E-state index in [2.05, 4.69) is 81.3 Å². The van der Waals surface area contributed by atoms with E-state index in [0.29, 0.717) is 12.5 Å². The number of benzene rings is 3. The molecule has 52 heavy (non-hydrogen) atoms. The Morgan fingerprint density at radius 2 is 1.50 bits per heavy atom. The molecule has 4 heterocycles. The number of amides is 2. The van der Waals surface area contributed by atoms with Crippen molar-refractivity contribution in [2.75, 3.05) is 6.54 Å². The predicted molar refractivity (Wildman–Crippen MR) is 203 cm³/mol. The lowest BCUT2D eigenvalue weighted by Gasteiger charge is -2.33. The summed E-state index contributed by atoms with van der Waals surface area (Å²) in [6.45, 7) is 12.4. The summed E-state index contributed by atoms with van der Waals surface area (Å²) in [4.78, 5) is 44.6. The summed E-state index contributed by atoms with van der Waals surface area (Å²) in [5, 5.41) is 6.85. The third kappa shape index (κ3) is 6.60. The molecule has 8 rings (SSSR count). The standard InChI is InChI=1S/C42H49N7O3/c1-40(2,3)48-38(50)42-20-19-30(23-42)35(47-42)37-43-24-33(46-37)28-15-13-26(14-16-28)25-9-11-27(12-10-25)29-17-18-31-32(22-29)45-36(44-31)34-8-7-21-49(34)39(51)52-41(4,5)6/h9-18,22,24,30,34-35,47H,7-8,19-21,23H2,1-6H3,(H,43,46)(H,44,45)(H,48,50). The van der Waals surface area contributed by atoms with E-state index in [4.69, 9.17) is 14.7 Å². The summed E-state index contributed by atoms with van der Waals surface area (Å²) in [6.07, 6.45) is 6.12. The highest BCUT2D eigenvalue weighted by Gasteiger charge is 2.56. The van der Waals surface area contributed by atoms with Gasteiger partial charge in [-0.05, 0) is 120 Å². The number of aromatic amines is 2. The van der Waals surface area contributed by atoms with Crippen LogP contribution < -0.4 is 10.6 Å². The molecule has 2 amide bonds. The van der Waals surface area contributed by atoms with Gasteiger partial charge in [0, 0.05) is 12.1 Å². The van der Waals surface area contributed by atoms with Gasteiger partial charge in [-0.1, -0.05) is 54.6 Å². The van der Waals surface area contributed by atoms with Crippen molar-refractivity contribution < 1.29 is 14.3 Å². The zero-order valence-corrected chi connectivity index (χ0v) is 31.0. The minimum Gasteiger partial charge on any atom is -0.444 e. The number of imidazole rings is 2. The zero-order valence-electron chi connectivity index (χ0n) is 31.0. The van der Waals surface area contributed by atoms with Gasteiger partial charge in [-0.3, -0.25) is 15.0 Å². The van der Waals surface area contributed by atoms with E-state index >= 15 is 0 Å². The average Bonchev–Trinajstić information content (AvgIpc) is 3.94. The predicted octanol–water partition coefficient (Wildman–Crippen LogP) is 8.46. The van der Waals surface area contributed by atoms with E-state index in [-0.39, 0.29) is 29.6 Å². The van der Waals surface area contributed by atoms with Gasteiger partial charge in [-0.2, -0.15) is 0 Å². The van der Waals surface area contributed by atoms with Crippen molar-refractivity contribution >= 4 is 23.0 Å². The summed E-state index contributed by atoms with van der Waals surface area (Å²) >= 11 is 0. The highest BCUT2D eigenvalue weighted by atomic mass is 16.6. The third-order valence-corrected chi connectivity index (χ3v) is 10.7. The van der Waals surface area contributed by atoms with Gasteiger partial charge < -0.3 is 20.0 Å². The van der Waals surface area contributed by atoms with Crippen LogP contribution in [-0.2, 0) is 9.53 Å². The minimum atomic E-state index is -0.539. The van der Waals surface area contributed by atoms with Gasteiger partial charge in [-0.25, -0.2) is 14.8 Å². The SMILES string of the molecule is CC(C)(C)NC(=O)C12CCC(C1)C(c1ncc(-c3ccc(-c4ccc(-c5ccc6nc(C7CCCN7C(=O)OC(C)(C)C)[nH]c6c5)cc4)cc3)[nH]1)N2. The first-order chi connectivity index (χ1) is 24.7. The van der Waals surface area contributed by atoms with Crippen LogP contribution >= 0.6 is 0 Å². The van der Waals surface area contributed by atoms with Crippen LogP contribution in [0.1, 0.15) is 97.4 Å². The minimum absolute atomic E-state index is 0.0452. The molecule has 0 spiro atoms. The largest absolute Gasteiger partial charge is 0.444 e. The van der Waals surface area contributed by atoms with Crippen LogP contribution in [0.25, 0.3) is 44.5 Å². The lowest BCUT2D eigenvalue weighted by molar-refractivity contribution is -0.128. The Hall–Kier alpha value is -4.96. The van der Waals surface area contributed by atoms with Gasteiger partial charge in [0.1, 0.15) is 17.2 Å². The van der Waals surface area contributed by atoms with Gasteiger partial charge in [0.15, 0.2) is 0 Å². The van der Waals surface area contributed by atoms with Crippen LogP contribution in [-0.4, -0.2) is 60.1 Å². The molecule has 3 aromatic carbocycles. The van der Waals surface area contributed by atoms with Gasteiger partial charge in [0.2, 0.25) is 5.91 Å². The molecule has 270 valence electrons. The molecule has 2 saturated heterocycles. The molecule has 10 heteroatoms. The van der Waals surface area contributed by atoms with Gasteiger partial charge in [0.05, 0.1) is 40.5 Å². The Morgan fingerprint density at radius 1 is 0.846 bits per heavy atom. The van der Waals surface area contributed by atoms with E-state index in [1.807, 2.05) is 53.8 Å². The second kappa shape index (κ2) is 12.6. The molecule has 2 aromatic heterocycles. The summed E-state index contributed by atoms with van der Waals surface area (Å²) < 4.78 is 5.67. The van der Waals surface area contributed by atoms with Crippen LogP contribution in [0.15, 0.2) is 72.9 Å². The molecule has 4 unspecified atom stereocenters. The van der Waals surface area contributed by atoms with Crippen molar-refractivity contribution in [3.63, 3.8) is 0 Å². The number of aromatic nitrogens is 4. The lowest BCUT2D eigenvalue weighted by atomic mass is 9.95. The fraction of sp³-hybridized carbons (Fsp3) is 0.429. The number of ether oxygens (including phenoxy) is 1. The number of carbonyl (C=O) groups excluding carboxylic acids is 2. The van der Waals surface area contributed by atoms with E-state index in [0.717, 1.165) is 88.3 Å². The molecule has 3 fully saturated rings. The average molecular weight is 700 g/mol. The van der Waals surface area contributed by atoms with Gasteiger partial charge >= 0.3 is 6.09 Å². The maximum atomic E-state index is 13.2. The molecule has 2 bridgehead atoms. The van der Waals surface area contributed by atoms with Crippen molar-refractivity contribution in [3.05, 3.63) is 84.6 Å². The number of fused-ring (bicyclic) bond motifs is 3. The number of carbonyl (C=O) groups is 2. The molecule has 1 saturated carbocycles. The fourth-order valence-electron chi connectivity index (χ4n) is 8.23. The van der Waals surface area contributed by atoms with Crippen molar-refractivity contribution in [1.82, 2.24) is 35.5 Å². The molecule has 2 aliphatic heterocycles. The van der Waals surface area contributed by atoms with Crippen molar-refractivity contribution in [3.8, 4) is 33.5 Å². The van der Waals surface area contributed by atoms with Crippen molar-refractivity contribution in [1.29, 1.82) is 0 Å². The van der Waals surface area contributed by atoms with Crippen LogP contribution in [0.4, 0.5) is 4.79 Å². The summed E-state index contributed by atoms with van der Waals surface area (Å²) in [5.41, 5.74) is 7.05. The molecule has 4 N–H and O–H groups in total. The van der Waals surface area contributed by atoms with E-state index in [1.165, 1.54) is 0 Å². The van der Waals surface area contributed by atoms with Crippen LogP contribution in [0.3, 0.4) is 0 Å². The monoisotopic (exact) mass is 699 g/mol. The second-order valence-electron chi connectivity index (χ2n) is 16.9. The van der Waals surface area contributed by atoms with Crippen LogP contribution in [0.5, 0.6) is 0 Å². The van der Waals surface area contributed by atoms with E-state index in [9.17, 15) is 9.59 Å². The third-order valence-electron chi connectivity index (χ3n) is 10.7. The molecule has 1 aliphatic carbocycles. The first-order valence-electron chi connectivity index (χ1n) is 18.6. The number of H-pyrrole nitrogens is 2. The van der Waals surface area contributed by atoms with Gasteiger partial charge in [-0.15, -0.1) is 0 Å². The number of nitrogens with one attached hydrogen (secondary N) is 4. The van der Waals surface area contributed by atoms with E-state index in [1.54, 1.807) is 4.90 Å². The van der Waals surface area contributed by atoms with Crippen molar-refractivity contribution in [2.24, 2.45) is 5.92 Å². The Morgan fingerprint density at radius 3 is 2.17 bits per heavy atom. The first kappa shape index (κ1) is 34.1. The molecule has 10 nitrogen and oxygen atoms in total.